The van der Waals surface area contributed by atoms with Crippen molar-refractivity contribution < 1.29 is 9.53 Å². The number of halogens is 1. The zero-order valence-electron chi connectivity index (χ0n) is 12.5. The molecule has 110 valence electrons. The number of hydrogen-bond acceptors (Lipinski definition) is 2. The molecule has 0 aliphatic rings. The quantitative estimate of drug-likeness (QED) is 0.751. The lowest BCUT2D eigenvalue weighted by atomic mass is 9.70. The van der Waals surface area contributed by atoms with E-state index in [9.17, 15) is 4.79 Å². The molecule has 0 radical (unpaired) electrons. The molecule has 0 aromatic heterocycles. The molecule has 0 N–H and O–H groups in total. The van der Waals surface area contributed by atoms with E-state index < -0.39 is 0 Å². The highest BCUT2D eigenvalue weighted by molar-refractivity contribution is 9.10. The molecule has 2 aromatic rings. The summed E-state index contributed by atoms with van der Waals surface area (Å²) in [5.41, 5.74) is 1.71. The van der Waals surface area contributed by atoms with Crippen LogP contribution in [-0.2, 0) is 14.9 Å². The van der Waals surface area contributed by atoms with Crippen LogP contribution in [0.15, 0.2) is 59.1 Å². The third kappa shape index (κ3) is 3.35. The highest BCUT2D eigenvalue weighted by atomic mass is 79.9. The molecule has 0 heterocycles. The van der Waals surface area contributed by atoms with Crippen LogP contribution < -0.4 is 0 Å². The summed E-state index contributed by atoms with van der Waals surface area (Å²) in [6.07, 6.45) is 0. The molecule has 0 saturated heterocycles. The fourth-order valence-corrected chi connectivity index (χ4v) is 2.92. The Morgan fingerprint density at radius 2 is 1.62 bits per heavy atom. The third-order valence-corrected chi connectivity index (χ3v) is 4.41. The first-order chi connectivity index (χ1) is 9.96. The normalized spacial score (nSPS) is 12.8. The van der Waals surface area contributed by atoms with Crippen molar-refractivity contribution in [1.29, 1.82) is 0 Å². The Morgan fingerprint density at radius 3 is 2.14 bits per heavy atom. The number of carbonyl (C=O) groups is 1. The topological polar surface area (TPSA) is 26.3 Å². The highest BCUT2D eigenvalue weighted by Crippen LogP contribution is 2.39. The molecule has 0 bridgehead atoms. The Labute approximate surface area is 134 Å². The van der Waals surface area contributed by atoms with Crippen molar-refractivity contribution in [2.24, 2.45) is 0 Å². The number of hydrogen-bond donors (Lipinski definition) is 0. The summed E-state index contributed by atoms with van der Waals surface area (Å²) >= 11 is 3.43. The van der Waals surface area contributed by atoms with Crippen LogP contribution in [0.25, 0.3) is 0 Å². The number of ether oxygens (including phenoxy) is 1. The van der Waals surface area contributed by atoms with Crippen LogP contribution in [0.4, 0.5) is 0 Å². The molecule has 0 saturated carbocycles. The monoisotopic (exact) mass is 346 g/mol. The number of esters is 1. The van der Waals surface area contributed by atoms with Gasteiger partial charge in [-0.1, -0.05) is 72.2 Å². The lowest BCUT2D eigenvalue weighted by Gasteiger charge is -2.33. The van der Waals surface area contributed by atoms with Crippen LogP contribution in [0, 0.1) is 0 Å². The molecule has 0 aliphatic carbocycles. The Morgan fingerprint density at radius 1 is 1.05 bits per heavy atom. The van der Waals surface area contributed by atoms with Crippen molar-refractivity contribution >= 4 is 21.9 Å². The van der Waals surface area contributed by atoms with Gasteiger partial charge in [0.25, 0.3) is 0 Å². The van der Waals surface area contributed by atoms with Gasteiger partial charge in [-0.3, -0.25) is 4.79 Å². The van der Waals surface area contributed by atoms with E-state index in [1.54, 1.807) is 0 Å². The maximum atomic E-state index is 12.4. The van der Waals surface area contributed by atoms with E-state index in [1.165, 1.54) is 7.11 Å². The molecule has 2 nitrogen and oxygen atoms in total. The average Bonchev–Trinajstić information content (AvgIpc) is 2.50. The second-order valence-electron chi connectivity index (χ2n) is 5.60. The van der Waals surface area contributed by atoms with Crippen molar-refractivity contribution in [3.05, 3.63) is 70.2 Å². The molecule has 0 fully saturated rings. The zero-order valence-corrected chi connectivity index (χ0v) is 14.1. The molecular formula is C18H19BrO2. The average molecular weight is 347 g/mol. The van der Waals surface area contributed by atoms with E-state index in [0.717, 1.165) is 15.6 Å². The molecule has 1 atom stereocenters. The molecule has 21 heavy (non-hydrogen) atoms. The van der Waals surface area contributed by atoms with Crippen molar-refractivity contribution in [3.63, 3.8) is 0 Å². The summed E-state index contributed by atoms with van der Waals surface area (Å²) in [5, 5.41) is 0. The van der Waals surface area contributed by atoms with Gasteiger partial charge in [0.15, 0.2) is 0 Å². The van der Waals surface area contributed by atoms with Gasteiger partial charge >= 0.3 is 5.97 Å². The van der Waals surface area contributed by atoms with E-state index in [1.807, 2.05) is 42.5 Å². The van der Waals surface area contributed by atoms with E-state index >= 15 is 0 Å². The standard InChI is InChI=1S/C18H19BrO2/c1-18(2,14-7-5-4-6-8-14)16(17(20)21-3)13-9-11-15(19)12-10-13/h4-12,16H,1-3H3/t16-/m1/s1. The number of rotatable bonds is 4. The van der Waals surface area contributed by atoms with Gasteiger partial charge in [0.05, 0.1) is 13.0 Å². The predicted molar refractivity (Wildman–Crippen MR) is 88.4 cm³/mol. The van der Waals surface area contributed by atoms with Crippen LogP contribution in [0.5, 0.6) is 0 Å². The zero-order chi connectivity index (χ0) is 15.5. The van der Waals surface area contributed by atoms with Gasteiger partial charge in [0, 0.05) is 9.89 Å². The van der Waals surface area contributed by atoms with E-state index in [0.29, 0.717) is 0 Å². The van der Waals surface area contributed by atoms with Crippen molar-refractivity contribution in [3.8, 4) is 0 Å². The largest absolute Gasteiger partial charge is 0.469 e. The molecule has 2 aromatic carbocycles. The van der Waals surface area contributed by atoms with E-state index in [2.05, 4.69) is 41.9 Å². The van der Waals surface area contributed by atoms with Crippen LogP contribution in [-0.4, -0.2) is 13.1 Å². The highest BCUT2D eigenvalue weighted by Gasteiger charge is 2.38. The minimum Gasteiger partial charge on any atom is -0.469 e. The van der Waals surface area contributed by atoms with E-state index in [4.69, 9.17) is 4.74 Å². The van der Waals surface area contributed by atoms with Crippen molar-refractivity contribution in [1.82, 2.24) is 0 Å². The number of methoxy groups -OCH3 is 1. The summed E-state index contributed by atoms with van der Waals surface area (Å²) in [6.45, 7) is 4.15. The molecular weight excluding hydrogens is 328 g/mol. The van der Waals surface area contributed by atoms with Gasteiger partial charge in [-0.05, 0) is 23.3 Å². The Balaban J connectivity index is 2.50. The maximum Gasteiger partial charge on any atom is 0.314 e. The molecule has 2 rings (SSSR count). The lowest BCUT2D eigenvalue weighted by molar-refractivity contribution is -0.144. The summed E-state index contributed by atoms with van der Waals surface area (Å²) in [6, 6.07) is 17.9. The second kappa shape index (κ2) is 6.44. The van der Waals surface area contributed by atoms with Crippen molar-refractivity contribution in [2.75, 3.05) is 7.11 Å². The maximum absolute atomic E-state index is 12.4. The summed E-state index contributed by atoms with van der Waals surface area (Å²) in [4.78, 5) is 12.4. The first-order valence-corrected chi connectivity index (χ1v) is 7.65. The Bertz CT molecular complexity index is 603. The first-order valence-electron chi connectivity index (χ1n) is 6.85. The van der Waals surface area contributed by atoms with Crippen LogP contribution in [0.3, 0.4) is 0 Å². The Kier molecular flexibility index (Phi) is 4.84. The van der Waals surface area contributed by atoms with Gasteiger partial charge in [-0.2, -0.15) is 0 Å². The van der Waals surface area contributed by atoms with E-state index in [-0.39, 0.29) is 17.3 Å². The van der Waals surface area contributed by atoms with Crippen LogP contribution >= 0.6 is 15.9 Å². The van der Waals surface area contributed by atoms with Crippen LogP contribution in [0.2, 0.25) is 0 Å². The fraction of sp³-hybridized carbons (Fsp3) is 0.278. The summed E-state index contributed by atoms with van der Waals surface area (Å²) in [7, 11) is 1.44. The number of benzene rings is 2. The first kappa shape index (κ1) is 15.8. The van der Waals surface area contributed by atoms with Crippen molar-refractivity contribution in [2.45, 2.75) is 25.2 Å². The molecule has 0 unspecified atom stereocenters. The second-order valence-corrected chi connectivity index (χ2v) is 6.51. The smallest absolute Gasteiger partial charge is 0.314 e. The predicted octanol–water partition coefficient (Wildman–Crippen LogP) is 4.68. The minimum absolute atomic E-state index is 0.217. The van der Waals surface area contributed by atoms with Crippen LogP contribution in [0.1, 0.15) is 30.9 Å². The summed E-state index contributed by atoms with van der Waals surface area (Å²) in [5.74, 6) is -0.566. The number of carbonyl (C=O) groups excluding carboxylic acids is 1. The summed E-state index contributed by atoms with van der Waals surface area (Å²) < 4.78 is 6.05. The molecule has 3 heteroatoms. The van der Waals surface area contributed by atoms with Gasteiger partial charge in [-0.15, -0.1) is 0 Å². The third-order valence-electron chi connectivity index (χ3n) is 3.88. The Hall–Kier alpha value is -1.61. The fourth-order valence-electron chi connectivity index (χ4n) is 2.65. The SMILES string of the molecule is COC(=O)[C@@H](c1ccc(Br)cc1)C(C)(C)c1ccccc1. The molecule has 0 spiro atoms. The molecule has 0 aliphatic heterocycles. The van der Waals surface area contributed by atoms with Gasteiger partial charge in [-0.25, -0.2) is 0 Å². The van der Waals surface area contributed by atoms with Gasteiger partial charge in [0.1, 0.15) is 0 Å². The lowest BCUT2D eigenvalue weighted by Crippen LogP contribution is -2.33. The van der Waals surface area contributed by atoms with Gasteiger partial charge < -0.3 is 4.74 Å². The van der Waals surface area contributed by atoms with Gasteiger partial charge in [0.2, 0.25) is 0 Å². The molecule has 0 amide bonds. The minimum atomic E-state index is -0.359.